The second kappa shape index (κ2) is 26.0. The molecule has 1 aromatic rings. The zero-order valence-corrected chi connectivity index (χ0v) is 29.3. The van der Waals surface area contributed by atoms with Crippen LogP contribution in [0.2, 0.25) is 0 Å². The number of aryl methyl sites for hydroxylation is 1. The highest BCUT2D eigenvalue weighted by Gasteiger charge is 2.15. The van der Waals surface area contributed by atoms with Crippen LogP contribution in [0.15, 0.2) is 24.3 Å². The molecule has 17 N–H and O–H groups in total. The minimum absolute atomic E-state index is 0.0677. The van der Waals surface area contributed by atoms with E-state index in [0.29, 0.717) is 45.4 Å². The Balaban J connectivity index is 2.53. The Morgan fingerprint density at radius 1 is 0.633 bits per heavy atom. The van der Waals surface area contributed by atoms with Gasteiger partial charge in [-0.1, -0.05) is 19.1 Å². The van der Waals surface area contributed by atoms with Gasteiger partial charge in [-0.15, -0.1) is 0 Å². The van der Waals surface area contributed by atoms with Gasteiger partial charge in [0.05, 0.1) is 18.1 Å². The third-order valence-corrected chi connectivity index (χ3v) is 8.03. The molecule has 0 unspecified atom stereocenters. The molecule has 0 heterocycles. The normalized spacial score (nSPS) is 12.8. The van der Waals surface area contributed by atoms with Gasteiger partial charge in [-0.3, -0.25) is 25.2 Å². The smallest absolute Gasteiger partial charge is 0.241 e. The Kier molecular flexibility index (Phi) is 22.8. The fraction of sp³-hybridized carbons (Fsp3) is 0.667. The van der Waals surface area contributed by atoms with E-state index in [0.717, 1.165) is 82.3 Å². The van der Waals surface area contributed by atoms with E-state index in [-0.39, 0.29) is 29.6 Å². The SMILES string of the molecule is CC[C@H](N)C(=O)Nc1ccc(CCCN(CCCNC(=O)[C@@H](N)CCCCNC(=N)N)CCCNC(=O)[C@@H](N)CCCCNC(=N)N)cc1. The van der Waals surface area contributed by atoms with Crippen molar-refractivity contribution in [2.45, 2.75) is 95.7 Å². The van der Waals surface area contributed by atoms with Crippen molar-refractivity contribution in [3.63, 3.8) is 0 Å². The van der Waals surface area contributed by atoms with Crippen molar-refractivity contribution in [3.05, 3.63) is 29.8 Å². The highest BCUT2D eigenvalue weighted by molar-refractivity contribution is 5.94. The van der Waals surface area contributed by atoms with E-state index in [2.05, 4.69) is 31.5 Å². The van der Waals surface area contributed by atoms with Crippen molar-refractivity contribution in [3.8, 4) is 0 Å². The molecule has 0 spiro atoms. The summed E-state index contributed by atoms with van der Waals surface area (Å²) >= 11 is 0. The van der Waals surface area contributed by atoms with Crippen LogP contribution in [0.3, 0.4) is 0 Å². The third-order valence-electron chi connectivity index (χ3n) is 8.03. The van der Waals surface area contributed by atoms with Crippen LogP contribution in [0.25, 0.3) is 0 Å². The van der Waals surface area contributed by atoms with Crippen LogP contribution in [-0.4, -0.2) is 98.5 Å². The van der Waals surface area contributed by atoms with E-state index in [1.807, 2.05) is 31.2 Å². The van der Waals surface area contributed by atoms with Gasteiger partial charge in [0.25, 0.3) is 0 Å². The van der Waals surface area contributed by atoms with E-state index in [4.69, 9.17) is 39.5 Å². The molecular formula is C33H63N13O3. The standard InChI is InChI=1S/C33H63N13O3/c1-2-26(34)31(49)45-25-15-13-24(14-16-25)10-7-21-46(22-8-19-41-29(47)27(35)11-3-5-17-43-32(37)38)23-9-20-42-30(48)28(36)12-4-6-18-44-33(39)40/h13-16,26-28H,2-12,17-23,34-36H2,1H3,(H,41,47)(H,42,48)(H,45,49)(H4,37,38,43)(H4,39,40,44)/t26-,27-,28-/m0/s1. The Labute approximate surface area is 291 Å². The lowest BCUT2D eigenvalue weighted by Gasteiger charge is -2.23. The lowest BCUT2D eigenvalue weighted by molar-refractivity contribution is -0.123. The van der Waals surface area contributed by atoms with E-state index in [1.54, 1.807) is 0 Å². The van der Waals surface area contributed by atoms with Crippen LogP contribution < -0.4 is 55.3 Å². The van der Waals surface area contributed by atoms with Crippen molar-refractivity contribution in [2.24, 2.45) is 28.7 Å². The maximum Gasteiger partial charge on any atom is 0.241 e. The average molecular weight is 690 g/mol. The van der Waals surface area contributed by atoms with E-state index < -0.39 is 18.1 Å². The van der Waals surface area contributed by atoms with Crippen LogP contribution in [0.5, 0.6) is 0 Å². The summed E-state index contributed by atoms with van der Waals surface area (Å²) in [5, 5.41) is 28.6. The van der Waals surface area contributed by atoms with Gasteiger partial charge in [-0.2, -0.15) is 0 Å². The van der Waals surface area contributed by atoms with Crippen LogP contribution in [0.1, 0.15) is 76.7 Å². The summed E-state index contributed by atoms with van der Waals surface area (Å²) in [4.78, 5) is 39.3. The molecule has 0 aromatic heterocycles. The molecule has 0 radical (unpaired) electrons. The third kappa shape index (κ3) is 21.6. The minimum atomic E-state index is -0.580. The zero-order chi connectivity index (χ0) is 36.4. The second-order valence-corrected chi connectivity index (χ2v) is 12.3. The van der Waals surface area contributed by atoms with E-state index in [9.17, 15) is 14.4 Å². The van der Waals surface area contributed by atoms with Crippen molar-refractivity contribution < 1.29 is 14.4 Å². The number of nitrogens with two attached hydrogens (primary N) is 5. The number of carbonyl (C=O) groups is 3. The summed E-state index contributed by atoms with van der Waals surface area (Å²) in [5.41, 5.74) is 30.4. The molecule has 0 saturated carbocycles. The van der Waals surface area contributed by atoms with Crippen molar-refractivity contribution in [2.75, 3.05) is 51.1 Å². The first-order valence-electron chi connectivity index (χ1n) is 17.5. The molecule has 1 rings (SSSR count). The summed E-state index contributed by atoms with van der Waals surface area (Å²) < 4.78 is 0. The predicted octanol–water partition coefficient (Wildman–Crippen LogP) is -0.429. The molecule has 278 valence electrons. The Morgan fingerprint density at radius 3 is 1.53 bits per heavy atom. The summed E-state index contributed by atoms with van der Waals surface area (Å²) in [5.74, 6) is -0.670. The fourth-order valence-electron chi connectivity index (χ4n) is 4.99. The van der Waals surface area contributed by atoms with Crippen molar-refractivity contribution in [1.82, 2.24) is 26.2 Å². The van der Waals surface area contributed by atoms with Crippen LogP contribution in [0, 0.1) is 10.8 Å². The largest absolute Gasteiger partial charge is 0.370 e. The van der Waals surface area contributed by atoms with Gasteiger partial charge in [0.15, 0.2) is 11.9 Å². The Hall–Kier alpha value is -3.99. The number of carbonyl (C=O) groups excluding carboxylic acids is 3. The predicted molar refractivity (Wildman–Crippen MR) is 197 cm³/mol. The van der Waals surface area contributed by atoms with Gasteiger partial charge in [-0.05, 0) is 108 Å². The first-order valence-corrected chi connectivity index (χ1v) is 17.5. The van der Waals surface area contributed by atoms with E-state index >= 15 is 0 Å². The van der Waals surface area contributed by atoms with Crippen molar-refractivity contribution in [1.29, 1.82) is 10.8 Å². The number of anilines is 1. The molecular weight excluding hydrogens is 626 g/mol. The molecule has 0 aliphatic rings. The summed E-state index contributed by atoms with van der Waals surface area (Å²) in [6.07, 6.45) is 8.04. The monoisotopic (exact) mass is 690 g/mol. The molecule has 3 amide bonds. The van der Waals surface area contributed by atoms with Gasteiger partial charge in [0.1, 0.15) is 0 Å². The number of guanidine groups is 2. The molecule has 0 bridgehead atoms. The molecule has 16 heteroatoms. The fourth-order valence-corrected chi connectivity index (χ4v) is 4.99. The van der Waals surface area contributed by atoms with Gasteiger partial charge in [-0.25, -0.2) is 0 Å². The van der Waals surface area contributed by atoms with Gasteiger partial charge in [0.2, 0.25) is 17.7 Å². The Morgan fingerprint density at radius 2 is 1.08 bits per heavy atom. The minimum Gasteiger partial charge on any atom is -0.370 e. The molecule has 16 nitrogen and oxygen atoms in total. The molecule has 3 atom stereocenters. The number of amides is 3. The topological polar surface area (TPSA) is 292 Å². The molecule has 0 aliphatic carbocycles. The molecule has 49 heavy (non-hydrogen) atoms. The van der Waals surface area contributed by atoms with Gasteiger partial charge in [0, 0.05) is 31.9 Å². The summed E-state index contributed by atoms with van der Waals surface area (Å²) in [7, 11) is 0. The summed E-state index contributed by atoms with van der Waals surface area (Å²) in [6.45, 7) is 6.44. The first-order chi connectivity index (χ1) is 23.4. The number of rotatable bonds is 27. The number of nitrogens with zero attached hydrogens (tertiary/aromatic N) is 1. The molecule has 0 aliphatic heterocycles. The van der Waals surface area contributed by atoms with Crippen molar-refractivity contribution >= 4 is 35.3 Å². The average Bonchev–Trinajstić information content (AvgIpc) is 3.07. The first kappa shape index (κ1) is 43.0. The number of nitrogens with one attached hydrogen (secondary N) is 7. The number of hydrogen-bond donors (Lipinski definition) is 12. The maximum atomic E-state index is 12.5. The van der Waals surface area contributed by atoms with Gasteiger partial charge >= 0.3 is 0 Å². The van der Waals surface area contributed by atoms with E-state index in [1.165, 1.54) is 0 Å². The van der Waals surface area contributed by atoms with Crippen LogP contribution in [0.4, 0.5) is 5.69 Å². The molecule has 0 saturated heterocycles. The maximum absolute atomic E-state index is 12.5. The lowest BCUT2D eigenvalue weighted by Crippen LogP contribution is -2.42. The van der Waals surface area contributed by atoms with Gasteiger partial charge < -0.3 is 60.2 Å². The Bertz CT molecular complexity index is 1070. The number of unbranched alkanes of at least 4 members (excludes halogenated alkanes) is 2. The highest BCUT2D eigenvalue weighted by Crippen LogP contribution is 2.12. The molecule has 0 fully saturated rings. The summed E-state index contributed by atoms with van der Waals surface area (Å²) in [6, 6.07) is 6.11. The number of benzene rings is 1. The lowest BCUT2D eigenvalue weighted by atomic mass is 10.1. The highest BCUT2D eigenvalue weighted by atomic mass is 16.2. The second-order valence-electron chi connectivity index (χ2n) is 12.3. The van der Waals surface area contributed by atoms with Crippen LogP contribution >= 0.6 is 0 Å². The molecule has 1 aromatic carbocycles. The quantitative estimate of drug-likeness (QED) is 0.0320. The van der Waals surface area contributed by atoms with Crippen LogP contribution in [-0.2, 0) is 20.8 Å². The number of hydrogen-bond acceptors (Lipinski definition) is 9. The zero-order valence-electron chi connectivity index (χ0n) is 29.3.